The van der Waals surface area contributed by atoms with Gasteiger partial charge in [-0.1, -0.05) is 0 Å². The number of alkyl halides is 3. The van der Waals surface area contributed by atoms with Crippen LogP contribution in [0.3, 0.4) is 0 Å². The van der Waals surface area contributed by atoms with Gasteiger partial charge in [0, 0.05) is 5.69 Å². The highest BCUT2D eigenvalue weighted by atomic mass is 19.4. The molecular weight excluding hydrogens is 387 g/mol. The van der Waals surface area contributed by atoms with Gasteiger partial charge in [-0.15, -0.1) is 0 Å². The molecule has 0 saturated carbocycles. The molecule has 2 aromatic rings. The van der Waals surface area contributed by atoms with E-state index in [2.05, 4.69) is 0 Å². The van der Waals surface area contributed by atoms with Crippen molar-refractivity contribution in [3.8, 4) is 17.9 Å². The van der Waals surface area contributed by atoms with Crippen LogP contribution >= 0.6 is 0 Å². The molecule has 1 fully saturated rings. The minimum Gasteiger partial charge on any atom is -0.491 e. The second-order valence-electron chi connectivity index (χ2n) is 6.33. The fraction of sp³-hybridized carbons (Fsp3) is 0.300. The summed E-state index contributed by atoms with van der Waals surface area (Å²) in [5, 5.41) is 27.3. The van der Waals surface area contributed by atoms with Gasteiger partial charge in [-0.05, 0) is 42.5 Å². The Morgan fingerprint density at radius 3 is 2.45 bits per heavy atom. The molecule has 6 nitrogen and oxygen atoms in total. The lowest BCUT2D eigenvalue weighted by molar-refractivity contribution is -0.137. The van der Waals surface area contributed by atoms with E-state index in [1.807, 2.05) is 6.07 Å². The maximum absolute atomic E-state index is 13.2. The van der Waals surface area contributed by atoms with E-state index in [1.165, 1.54) is 11.0 Å². The summed E-state index contributed by atoms with van der Waals surface area (Å²) in [5.74, 6) is 0.518. The minimum atomic E-state index is -4.67. The highest BCUT2D eigenvalue weighted by Crippen LogP contribution is 2.36. The third-order valence-electron chi connectivity index (χ3n) is 4.43. The van der Waals surface area contributed by atoms with Gasteiger partial charge in [0.05, 0.1) is 42.0 Å². The summed E-state index contributed by atoms with van der Waals surface area (Å²) in [6, 6.07) is 13.4. The van der Waals surface area contributed by atoms with Gasteiger partial charge < -0.3 is 19.5 Å². The summed E-state index contributed by atoms with van der Waals surface area (Å²) >= 11 is 0. The number of ether oxygens (including phenoxy) is 2. The highest BCUT2D eigenvalue weighted by molar-refractivity contribution is 5.55. The van der Waals surface area contributed by atoms with Gasteiger partial charge in [0.2, 0.25) is 0 Å². The number of nitrogens with zero attached hydrogens (tertiary/aromatic N) is 3. The second kappa shape index (κ2) is 8.39. The first kappa shape index (κ1) is 20.5. The average Bonchev–Trinajstić information content (AvgIpc) is 3.15. The molecule has 29 heavy (non-hydrogen) atoms. The van der Waals surface area contributed by atoms with Crippen LogP contribution in [0.25, 0.3) is 0 Å². The van der Waals surface area contributed by atoms with E-state index < -0.39 is 36.2 Å². The number of anilines is 1. The summed E-state index contributed by atoms with van der Waals surface area (Å²) in [6.45, 7) is -0.110. The average molecular weight is 403 g/mol. The van der Waals surface area contributed by atoms with Crippen molar-refractivity contribution in [1.82, 2.24) is 0 Å². The lowest BCUT2D eigenvalue weighted by atomic mass is 10.1. The van der Waals surface area contributed by atoms with Gasteiger partial charge in [0.15, 0.2) is 6.23 Å². The van der Waals surface area contributed by atoms with Gasteiger partial charge in [-0.25, -0.2) is 0 Å². The number of nitriles is 2. The molecule has 0 bridgehead atoms. The molecular formula is C20H16F3N3O3. The van der Waals surface area contributed by atoms with Gasteiger partial charge in [-0.2, -0.15) is 23.7 Å². The second-order valence-corrected chi connectivity index (χ2v) is 6.33. The summed E-state index contributed by atoms with van der Waals surface area (Å²) < 4.78 is 51.0. The van der Waals surface area contributed by atoms with Crippen molar-refractivity contribution in [1.29, 1.82) is 10.5 Å². The lowest BCUT2D eigenvalue weighted by Crippen LogP contribution is -2.33. The smallest absolute Gasteiger partial charge is 0.417 e. The number of rotatable bonds is 5. The molecule has 2 atom stereocenters. The molecule has 150 valence electrons. The molecule has 0 aliphatic carbocycles. The van der Waals surface area contributed by atoms with Crippen LogP contribution in [0.1, 0.15) is 16.7 Å². The molecule has 0 unspecified atom stereocenters. The Kier molecular flexibility index (Phi) is 5.92. The third kappa shape index (κ3) is 4.60. The Morgan fingerprint density at radius 1 is 1.14 bits per heavy atom. The van der Waals surface area contributed by atoms with Crippen molar-refractivity contribution in [2.45, 2.75) is 18.5 Å². The number of aliphatic hydroxyl groups excluding tert-OH is 1. The first-order valence-electron chi connectivity index (χ1n) is 8.63. The predicted octanol–water partition coefficient (Wildman–Crippen LogP) is 3.05. The third-order valence-corrected chi connectivity index (χ3v) is 4.43. The van der Waals surface area contributed by atoms with Crippen LogP contribution in [-0.2, 0) is 10.9 Å². The SMILES string of the molecule is N#Cc1ccc(OC[C@@H]2CN(c3ccc(C#N)c(C(F)(F)F)c3)[C@@H](CO)O2)cc1. The zero-order valence-electron chi connectivity index (χ0n) is 15.1. The van der Waals surface area contributed by atoms with Crippen molar-refractivity contribution >= 4 is 5.69 Å². The van der Waals surface area contributed by atoms with Crippen LogP contribution in [0.15, 0.2) is 42.5 Å². The van der Waals surface area contributed by atoms with Crippen LogP contribution in [-0.4, -0.2) is 37.2 Å². The normalized spacial score (nSPS) is 18.9. The Labute approximate surface area is 164 Å². The molecule has 1 aliphatic rings. The Hall–Kier alpha value is -3.27. The topological polar surface area (TPSA) is 89.5 Å². The molecule has 3 rings (SSSR count). The van der Waals surface area contributed by atoms with Crippen LogP contribution in [0.4, 0.5) is 18.9 Å². The molecule has 0 radical (unpaired) electrons. The number of hydrogen-bond donors (Lipinski definition) is 1. The van der Waals surface area contributed by atoms with Gasteiger partial charge >= 0.3 is 6.18 Å². The monoisotopic (exact) mass is 403 g/mol. The molecule has 1 saturated heterocycles. The summed E-state index contributed by atoms with van der Waals surface area (Å²) in [5.41, 5.74) is -0.826. The Morgan fingerprint density at radius 2 is 1.86 bits per heavy atom. The van der Waals surface area contributed by atoms with Crippen molar-refractivity contribution < 1.29 is 27.8 Å². The maximum atomic E-state index is 13.2. The van der Waals surface area contributed by atoms with Gasteiger partial charge in [0.1, 0.15) is 18.5 Å². The molecule has 9 heteroatoms. The largest absolute Gasteiger partial charge is 0.491 e. The van der Waals surface area contributed by atoms with E-state index in [0.29, 0.717) is 11.3 Å². The summed E-state index contributed by atoms with van der Waals surface area (Å²) in [6.07, 6.45) is -6.00. The van der Waals surface area contributed by atoms with E-state index in [9.17, 15) is 18.3 Å². The van der Waals surface area contributed by atoms with E-state index in [1.54, 1.807) is 30.3 Å². The molecule has 0 spiro atoms. The molecule has 1 aliphatic heterocycles. The molecule has 1 N–H and O–H groups in total. The first-order valence-corrected chi connectivity index (χ1v) is 8.63. The molecule has 2 aromatic carbocycles. The standard InChI is InChI=1S/C20H16F3N3O3/c21-20(22,23)18-7-15(4-3-14(18)9-25)26-10-17(29-19(26)11-27)12-28-16-5-1-13(8-24)2-6-16/h1-7,17,19,27H,10-12H2/t17-,19+/m0/s1. The van der Waals surface area contributed by atoms with Gasteiger partial charge in [0.25, 0.3) is 0 Å². The Bertz CT molecular complexity index is 949. The number of benzene rings is 2. The zero-order chi connectivity index (χ0) is 21.0. The minimum absolute atomic E-state index is 0.112. The van der Waals surface area contributed by atoms with Crippen molar-refractivity contribution in [3.05, 3.63) is 59.2 Å². The fourth-order valence-corrected chi connectivity index (χ4v) is 3.04. The fourth-order valence-electron chi connectivity index (χ4n) is 3.04. The number of halogens is 3. The van der Waals surface area contributed by atoms with E-state index in [-0.39, 0.29) is 18.8 Å². The van der Waals surface area contributed by atoms with Crippen molar-refractivity contribution in [3.63, 3.8) is 0 Å². The predicted molar refractivity (Wildman–Crippen MR) is 95.9 cm³/mol. The summed E-state index contributed by atoms with van der Waals surface area (Å²) in [4.78, 5) is 1.50. The quantitative estimate of drug-likeness (QED) is 0.826. The zero-order valence-corrected chi connectivity index (χ0v) is 15.1. The van der Waals surface area contributed by atoms with Crippen molar-refractivity contribution in [2.24, 2.45) is 0 Å². The highest BCUT2D eigenvalue weighted by Gasteiger charge is 2.37. The molecule has 1 heterocycles. The molecule has 0 aromatic heterocycles. The van der Waals surface area contributed by atoms with E-state index in [0.717, 1.165) is 12.1 Å². The van der Waals surface area contributed by atoms with Gasteiger partial charge in [-0.3, -0.25) is 0 Å². The number of hydrogen-bond acceptors (Lipinski definition) is 6. The van der Waals surface area contributed by atoms with E-state index in [4.69, 9.17) is 20.0 Å². The van der Waals surface area contributed by atoms with Crippen LogP contribution < -0.4 is 9.64 Å². The Balaban J connectivity index is 1.73. The number of aliphatic hydroxyl groups is 1. The lowest BCUT2D eigenvalue weighted by Gasteiger charge is -2.24. The molecule has 0 amide bonds. The van der Waals surface area contributed by atoms with Crippen LogP contribution in [0.5, 0.6) is 5.75 Å². The first-order chi connectivity index (χ1) is 13.9. The van der Waals surface area contributed by atoms with E-state index >= 15 is 0 Å². The van der Waals surface area contributed by atoms with Crippen molar-refractivity contribution in [2.75, 3.05) is 24.7 Å². The van der Waals surface area contributed by atoms with Crippen LogP contribution in [0.2, 0.25) is 0 Å². The summed E-state index contributed by atoms with van der Waals surface area (Å²) in [7, 11) is 0. The maximum Gasteiger partial charge on any atom is 0.417 e. The van der Waals surface area contributed by atoms with Crippen LogP contribution in [0, 0.1) is 22.7 Å².